The fraction of sp³-hybridized carbons (Fsp3) is 0.200. The molecule has 0 aliphatic carbocycles. The van der Waals surface area contributed by atoms with E-state index in [9.17, 15) is 9.18 Å². The van der Waals surface area contributed by atoms with Crippen LogP contribution in [0, 0.1) is 5.82 Å². The molecule has 2 aromatic carbocycles. The third kappa shape index (κ3) is 4.04. The molecule has 0 aromatic heterocycles. The minimum atomic E-state index is -0.316. The summed E-state index contributed by atoms with van der Waals surface area (Å²) in [5.41, 5.74) is 1.64. The first kappa shape index (κ1) is 19.5. The molecule has 1 aliphatic rings. The first-order valence-electron chi connectivity index (χ1n) is 8.39. The summed E-state index contributed by atoms with van der Waals surface area (Å²) in [4.78, 5) is 15.8. The van der Waals surface area contributed by atoms with E-state index in [-0.39, 0.29) is 18.3 Å². The predicted molar refractivity (Wildman–Crippen MR) is 111 cm³/mol. The number of likely N-dealkylation sites (N-methyl/N-ethyl adjacent to an activating group) is 2. The first-order chi connectivity index (χ1) is 12.9. The molecular weight excluding hydrogens is 431 g/mol. The van der Waals surface area contributed by atoms with Gasteiger partial charge in [0, 0.05) is 29.2 Å². The van der Waals surface area contributed by atoms with Crippen molar-refractivity contribution in [1.29, 1.82) is 0 Å². The summed E-state index contributed by atoms with van der Waals surface area (Å²) in [5, 5.41) is 0.470. The highest BCUT2D eigenvalue weighted by Crippen LogP contribution is 2.29. The molecule has 1 fully saturated rings. The van der Waals surface area contributed by atoms with Crippen LogP contribution in [0.1, 0.15) is 18.1 Å². The number of amides is 1. The van der Waals surface area contributed by atoms with Crippen molar-refractivity contribution in [2.75, 3.05) is 13.6 Å². The van der Waals surface area contributed by atoms with Gasteiger partial charge >= 0.3 is 0 Å². The Hall–Kier alpha value is -2.25. The van der Waals surface area contributed by atoms with Crippen LogP contribution in [0.4, 0.5) is 4.39 Å². The van der Waals surface area contributed by atoms with Gasteiger partial charge in [0.2, 0.25) is 0 Å². The summed E-state index contributed by atoms with van der Waals surface area (Å²) < 4.78 is 20.5. The number of hydrogen-bond acceptors (Lipinski definition) is 3. The molecule has 0 atom stereocenters. The molecule has 0 N–H and O–H groups in total. The van der Waals surface area contributed by atoms with Crippen LogP contribution in [0.3, 0.4) is 0 Å². The highest BCUT2D eigenvalue weighted by Gasteiger charge is 2.34. The van der Waals surface area contributed by atoms with Gasteiger partial charge in [-0.1, -0.05) is 34.1 Å². The fourth-order valence-corrected chi connectivity index (χ4v) is 3.46. The summed E-state index contributed by atoms with van der Waals surface area (Å²) in [6.45, 7) is 2.48. The van der Waals surface area contributed by atoms with Crippen molar-refractivity contribution in [2.45, 2.75) is 13.5 Å². The maximum absolute atomic E-state index is 13.8. The van der Waals surface area contributed by atoms with E-state index in [2.05, 4.69) is 15.9 Å². The number of carbonyl (C=O) groups excluding carboxylic acids is 1. The average molecular weight is 449 g/mol. The lowest BCUT2D eigenvalue weighted by Crippen LogP contribution is -2.30. The fourth-order valence-electron chi connectivity index (χ4n) is 2.77. The van der Waals surface area contributed by atoms with Crippen molar-refractivity contribution < 1.29 is 13.9 Å². The van der Waals surface area contributed by atoms with Crippen molar-refractivity contribution in [3.63, 3.8) is 0 Å². The molecule has 2 aromatic rings. The third-order valence-electron chi connectivity index (χ3n) is 4.26. The first-order valence-corrected chi connectivity index (χ1v) is 9.59. The lowest BCUT2D eigenvalue weighted by atomic mass is 10.1. The second-order valence-electron chi connectivity index (χ2n) is 5.98. The van der Waals surface area contributed by atoms with Gasteiger partial charge in [-0.2, -0.15) is 0 Å². The smallest absolute Gasteiger partial charge is 0.276 e. The Morgan fingerprint density at radius 2 is 2.00 bits per heavy atom. The predicted octanol–water partition coefficient (Wildman–Crippen LogP) is 4.59. The normalized spacial score (nSPS) is 15.8. The Kier molecular flexibility index (Phi) is 5.92. The minimum Gasteiger partial charge on any atom is -0.488 e. The van der Waals surface area contributed by atoms with Crippen molar-refractivity contribution in [1.82, 2.24) is 9.80 Å². The van der Waals surface area contributed by atoms with Gasteiger partial charge in [0.05, 0.1) is 0 Å². The molecule has 4 nitrogen and oxygen atoms in total. The Labute approximate surface area is 171 Å². The Morgan fingerprint density at radius 3 is 2.67 bits per heavy atom. The number of hydrogen-bond donors (Lipinski definition) is 0. The van der Waals surface area contributed by atoms with Crippen LogP contribution in [-0.2, 0) is 11.4 Å². The molecule has 1 heterocycles. The Morgan fingerprint density at radius 1 is 1.26 bits per heavy atom. The summed E-state index contributed by atoms with van der Waals surface area (Å²) in [7, 11) is 1.76. The van der Waals surface area contributed by atoms with Crippen LogP contribution in [0.5, 0.6) is 5.75 Å². The minimum absolute atomic E-state index is 0.0910. The van der Waals surface area contributed by atoms with Crippen molar-refractivity contribution in [3.8, 4) is 5.75 Å². The van der Waals surface area contributed by atoms with Gasteiger partial charge < -0.3 is 9.64 Å². The monoisotopic (exact) mass is 448 g/mol. The second-order valence-corrected chi connectivity index (χ2v) is 7.26. The number of thiocarbonyl (C=S) groups is 1. The maximum atomic E-state index is 13.8. The van der Waals surface area contributed by atoms with E-state index in [0.717, 1.165) is 4.47 Å². The van der Waals surface area contributed by atoms with Gasteiger partial charge in [0.15, 0.2) is 5.11 Å². The van der Waals surface area contributed by atoms with Crippen molar-refractivity contribution in [3.05, 3.63) is 69.6 Å². The average Bonchev–Trinajstić information content (AvgIpc) is 2.85. The van der Waals surface area contributed by atoms with Gasteiger partial charge in [0.1, 0.15) is 23.9 Å². The van der Waals surface area contributed by atoms with Gasteiger partial charge in [-0.3, -0.25) is 9.69 Å². The molecule has 1 amide bonds. The van der Waals surface area contributed by atoms with Gasteiger partial charge in [-0.15, -0.1) is 0 Å². The Balaban J connectivity index is 1.92. The standard InChI is InChI=1S/C20H18BrFN2O2S/c1-3-24-19(25)17(23(2)20(24)27)11-14-10-15(21)8-9-18(14)26-12-13-6-4-5-7-16(13)22/h4-11H,3,12H2,1-2H3/b17-11-. The highest BCUT2D eigenvalue weighted by atomic mass is 79.9. The van der Waals surface area contributed by atoms with E-state index < -0.39 is 0 Å². The van der Waals surface area contributed by atoms with E-state index in [1.54, 1.807) is 47.2 Å². The second kappa shape index (κ2) is 8.19. The number of carbonyl (C=O) groups is 1. The molecule has 0 spiro atoms. The molecule has 0 saturated carbocycles. The number of ether oxygens (including phenoxy) is 1. The molecule has 140 valence electrons. The van der Waals surface area contributed by atoms with E-state index in [1.165, 1.54) is 6.07 Å². The summed E-state index contributed by atoms with van der Waals surface area (Å²) in [6, 6.07) is 11.9. The van der Waals surface area contributed by atoms with E-state index in [0.29, 0.717) is 34.2 Å². The topological polar surface area (TPSA) is 32.8 Å². The lowest BCUT2D eigenvalue weighted by Gasteiger charge is -2.14. The zero-order chi connectivity index (χ0) is 19.6. The van der Waals surface area contributed by atoms with E-state index in [4.69, 9.17) is 17.0 Å². The third-order valence-corrected chi connectivity index (χ3v) is 5.25. The summed E-state index contributed by atoms with van der Waals surface area (Å²) in [5.74, 6) is 0.0882. The number of halogens is 2. The molecule has 27 heavy (non-hydrogen) atoms. The molecule has 7 heteroatoms. The number of benzene rings is 2. The van der Waals surface area contributed by atoms with Crippen LogP contribution in [0.2, 0.25) is 0 Å². The molecular formula is C20H18BrFN2O2S. The summed E-state index contributed by atoms with van der Waals surface area (Å²) in [6.07, 6.45) is 1.74. The van der Waals surface area contributed by atoms with Crippen molar-refractivity contribution in [2.24, 2.45) is 0 Å². The van der Waals surface area contributed by atoms with E-state index >= 15 is 0 Å². The quantitative estimate of drug-likeness (QED) is 0.494. The highest BCUT2D eigenvalue weighted by molar-refractivity contribution is 9.10. The van der Waals surface area contributed by atoms with Crippen LogP contribution in [-0.4, -0.2) is 34.4 Å². The zero-order valence-corrected chi connectivity index (χ0v) is 17.3. The van der Waals surface area contributed by atoms with Crippen LogP contribution in [0.15, 0.2) is 52.6 Å². The molecule has 0 unspecified atom stereocenters. The lowest BCUT2D eigenvalue weighted by molar-refractivity contribution is -0.122. The van der Waals surface area contributed by atoms with Gasteiger partial charge in [-0.05, 0) is 49.5 Å². The largest absolute Gasteiger partial charge is 0.488 e. The molecule has 0 radical (unpaired) electrons. The maximum Gasteiger partial charge on any atom is 0.276 e. The molecule has 3 rings (SSSR count). The summed E-state index contributed by atoms with van der Waals surface area (Å²) >= 11 is 8.77. The number of nitrogens with zero attached hydrogens (tertiary/aromatic N) is 2. The van der Waals surface area contributed by atoms with Gasteiger partial charge in [-0.25, -0.2) is 4.39 Å². The molecule has 1 aliphatic heterocycles. The SMILES string of the molecule is CCN1C(=O)/C(=C/c2cc(Br)ccc2OCc2ccccc2F)N(C)C1=S. The zero-order valence-electron chi connectivity index (χ0n) is 14.9. The van der Waals surface area contributed by atoms with E-state index in [1.807, 2.05) is 19.1 Å². The van der Waals surface area contributed by atoms with Crippen molar-refractivity contribution >= 4 is 45.2 Å². The van der Waals surface area contributed by atoms with Gasteiger partial charge in [0.25, 0.3) is 5.91 Å². The molecule has 1 saturated heterocycles. The van der Waals surface area contributed by atoms with Crippen LogP contribution >= 0.6 is 28.1 Å². The van der Waals surface area contributed by atoms with Crippen LogP contribution < -0.4 is 4.74 Å². The Bertz CT molecular complexity index is 932. The van der Waals surface area contributed by atoms with Crippen LogP contribution in [0.25, 0.3) is 6.08 Å². The molecule has 0 bridgehead atoms. The number of rotatable bonds is 5.